The van der Waals surface area contributed by atoms with Gasteiger partial charge in [-0.25, -0.2) is 0 Å². The second kappa shape index (κ2) is 3.80. The van der Waals surface area contributed by atoms with Crippen molar-refractivity contribution < 1.29 is 4.43 Å². The lowest BCUT2D eigenvalue weighted by Crippen LogP contribution is -2.79. The largest absolute Gasteiger partial charge is 0.415 e. The van der Waals surface area contributed by atoms with Gasteiger partial charge in [0, 0.05) is 18.1 Å². The molecule has 0 aromatic heterocycles. The highest BCUT2D eigenvalue weighted by Gasteiger charge is 2.62. The second-order valence-corrected chi connectivity index (χ2v) is 35.1. The maximum Gasteiger partial charge on any atom is 0.185 e. The third-order valence-electron chi connectivity index (χ3n) is 4.64. The summed E-state index contributed by atoms with van der Waals surface area (Å²) in [6.07, 6.45) is 0. The summed E-state index contributed by atoms with van der Waals surface area (Å²) in [7, 11) is -3.71. The van der Waals surface area contributed by atoms with Crippen LogP contribution in [-0.4, -0.2) is 33.1 Å². The molecule has 1 saturated heterocycles. The van der Waals surface area contributed by atoms with Crippen molar-refractivity contribution in [2.24, 2.45) is 0 Å². The maximum atomic E-state index is 6.55. The van der Waals surface area contributed by atoms with Crippen LogP contribution in [0.4, 0.5) is 0 Å². The minimum Gasteiger partial charge on any atom is -0.415 e. The molecule has 90 valence electrons. The minimum absolute atomic E-state index is 0.132. The van der Waals surface area contributed by atoms with E-state index in [2.05, 4.69) is 62.5 Å². The third kappa shape index (κ3) is 2.23. The molecule has 0 amide bonds. The van der Waals surface area contributed by atoms with Crippen LogP contribution in [0, 0.1) is 0 Å². The molecule has 0 radical (unpaired) electrons. The van der Waals surface area contributed by atoms with E-state index in [1.165, 1.54) is 6.04 Å². The molecule has 0 aliphatic carbocycles. The molecule has 5 heteroatoms. The van der Waals surface area contributed by atoms with Gasteiger partial charge in [0.25, 0.3) is 0 Å². The molecular weight excluding hydrogens is 300 g/mol. The zero-order chi connectivity index (χ0) is 12.1. The van der Waals surface area contributed by atoms with Crippen molar-refractivity contribution >= 4 is 38.5 Å². The Morgan fingerprint density at radius 2 is 1.60 bits per heavy atom. The summed E-state index contributed by atoms with van der Waals surface area (Å²) in [5.74, 6) is 0. The Morgan fingerprint density at radius 1 is 1.13 bits per heavy atom. The smallest absolute Gasteiger partial charge is 0.185 e. The summed E-state index contributed by atoms with van der Waals surface area (Å²) in [5, 5.41) is 0. The molecule has 1 atom stereocenters. The molecule has 0 spiro atoms. The number of halogens is 1. The van der Waals surface area contributed by atoms with Gasteiger partial charge in [-0.2, -0.15) is 0 Å². The molecule has 1 aliphatic heterocycles. The van der Waals surface area contributed by atoms with Gasteiger partial charge in [0.1, 0.15) is 0 Å². The van der Waals surface area contributed by atoms with E-state index in [0.29, 0.717) is 0 Å². The summed E-state index contributed by atoms with van der Waals surface area (Å²) in [6.45, 7) is 17.4. The van der Waals surface area contributed by atoms with E-state index in [4.69, 9.17) is 4.43 Å². The Hall–Kier alpha value is 1.09. The number of hydrogen-bond donors (Lipinski definition) is 0. The zero-order valence-corrected chi connectivity index (χ0v) is 15.8. The predicted molar refractivity (Wildman–Crippen MR) is 80.3 cm³/mol. The number of rotatable bonds is 1. The van der Waals surface area contributed by atoms with Crippen LogP contribution in [0.3, 0.4) is 0 Å². The Labute approximate surface area is 106 Å². The van der Waals surface area contributed by atoms with E-state index >= 15 is 0 Å². The molecule has 1 heterocycles. The van der Waals surface area contributed by atoms with Crippen molar-refractivity contribution in [1.82, 2.24) is 0 Å². The van der Waals surface area contributed by atoms with Crippen LogP contribution in [0.2, 0.25) is 38.8 Å². The first-order chi connectivity index (χ1) is 6.47. The van der Waals surface area contributed by atoms with Crippen LogP contribution in [0.5, 0.6) is 0 Å². The first-order valence-corrected chi connectivity index (χ1v) is 17.7. The summed E-state index contributed by atoms with van der Waals surface area (Å²) in [5.41, 5.74) is 0.132. The average molecular weight is 325 g/mol. The monoisotopic (exact) mass is 324 g/mol. The first-order valence-electron chi connectivity index (χ1n) is 5.74. The van der Waals surface area contributed by atoms with E-state index in [-0.39, 0.29) is 5.60 Å². The Morgan fingerprint density at radius 3 is 2.00 bits per heavy atom. The molecule has 0 N–H and O–H groups in total. The number of alkyl halides is 1. The normalized spacial score (nSPS) is 37.6. The van der Waals surface area contributed by atoms with Crippen molar-refractivity contribution in [1.29, 1.82) is 0 Å². The highest BCUT2D eigenvalue weighted by molar-refractivity contribution is 9.09. The van der Waals surface area contributed by atoms with Gasteiger partial charge in [-0.15, -0.1) is 0 Å². The van der Waals surface area contributed by atoms with Crippen molar-refractivity contribution in [2.45, 2.75) is 58.2 Å². The van der Waals surface area contributed by atoms with E-state index in [9.17, 15) is 0 Å². The van der Waals surface area contributed by atoms with Gasteiger partial charge in [0.2, 0.25) is 0 Å². The van der Waals surface area contributed by atoms with Gasteiger partial charge < -0.3 is 4.43 Å². The molecule has 1 aliphatic rings. The predicted octanol–water partition coefficient (Wildman–Crippen LogP) is 3.88. The number of hydrogen-bond acceptors (Lipinski definition) is 1. The molecule has 1 nitrogen and oxygen atoms in total. The summed E-state index contributed by atoms with van der Waals surface area (Å²) in [6, 6.07) is 1.34. The molecule has 0 aromatic carbocycles. The quantitative estimate of drug-likeness (QED) is 0.525. The Bertz CT molecular complexity index is 265. The first kappa shape index (κ1) is 14.2. The fourth-order valence-electron chi connectivity index (χ4n) is 2.97. The molecule has 0 aromatic rings. The SMILES string of the molecule is CC1(C)C[Si](C)(C)[Si](C)(C)[Si](C)(CBr)O1. The van der Waals surface area contributed by atoms with Gasteiger partial charge in [0.05, 0.1) is 7.11 Å². The van der Waals surface area contributed by atoms with Crippen LogP contribution in [0.1, 0.15) is 13.8 Å². The van der Waals surface area contributed by atoms with Gasteiger partial charge >= 0.3 is 0 Å². The molecule has 1 fully saturated rings. The van der Waals surface area contributed by atoms with Gasteiger partial charge in [-0.3, -0.25) is 0 Å². The third-order valence-corrected chi connectivity index (χ3v) is 49.0. The summed E-state index contributed by atoms with van der Waals surface area (Å²) >= 11 is 3.74. The molecule has 0 saturated carbocycles. The lowest BCUT2D eigenvalue weighted by Gasteiger charge is -2.58. The topological polar surface area (TPSA) is 9.23 Å². The summed E-state index contributed by atoms with van der Waals surface area (Å²) < 4.78 is 6.55. The van der Waals surface area contributed by atoms with Crippen molar-refractivity contribution in [3.63, 3.8) is 0 Å². The van der Waals surface area contributed by atoms with E-state index in [0.717, 1.165) is 4.95 Å². The standard InChI is InChI=1S/C10H25BrOSi3/c1-10(2)8-13(3,4)14(5,6)15(7,9-11)12-10/h8-9H2,1-7H3. The average Bonchev–Trinajstić information content (AvgIpc) is 1.98. The van der Waals surface area contributed by atoms with Crippen molar-refractivity contribution in [2.75, 3.05) is 4.95 Å². The second-order valence-electron chi connectivity index (χ2n) is 6.91. The van der Waals surface area contributed by atoms with E-state index in [1.807, 2.05) is 0 Å². The molecule has 1 unspecified atom stereocenters. The highest BCUT2D eigenvalue weighted by atomic mass is 79.9. The molecule has 0 bridgehead atoms. The minimum atomic E-state index is -1.49. The maximum absolute atomic E-state index is 6.55. The van der Waals surface area contributed by atoms with E-state index in [1.54, 1.807) is 0 Å². The van der Waals surface area contributed by atoms with Crippen molar-refractivity contribution in [3.05, 3.63) is 0 Å². The van der Waals surface area contributed by atoms with Crippen LogP contribution in [0.25, 0.3) is 0 Å². The lowest BCUT2D eigenvalue weighted by molar-refractivity contribution is 0.122. The van der Waals surface area contributed by atoms with Crippen LogP contribution in [-0.2, 0) is 4.43 Å². The molecule has 1 rings (SSSR count). The Balaban J connectivity index is 3.18. The zero-order valence-electron chi connectivity index (χ0n) is 11.2. The van der Waals surface area contributed by atoms with Crippen molar-refractivity contribution in [3.8, 4) is 0 Å². The highest BCUT2D eigenvalue weighted by Crippen LogP contribution is 2.44. The lowest BCUT2D eigenvalue weighted by atomic mass is 10.2. The van der Waals surface area contributed by atoms with E-state index < -0.39 is 22.5 Å². The summed E-state index contributed by atoms with van der Waals surface area (Å²) in [4.78, 5) is 1.12. The van der Waals surface area contributed by atoms with Crippen LogP contribution in [0.15, 0.2) is 0 Å². The van der Waals surface area contributed by atoms with Gasteiger partial charge in [0.15, 0.2) is 7.83 Å². The van der Waals surface area contributed by atoms with Gasteiger partial charge in [-0.05, 0) is 26.4 Å². The fraction of sp³-hybridized carbons (Fsp3) is 1.00. The van der Waals surface area contributed by atoms with Crippen LogP contribution >= 0.6 is 15.9 Å². The molecular formula is C10H25BrOSi3. The fourth-order valence-corrected chi connectivity index (χ4v) is 42.5. The molecule has 15 heavy (non-hydrogen) atoms. The Kier molecular flexibility index (Phi) is 3.58. The van der Waals surface area contributed by atoms with Crippen LogP contribution < -0.4 is 0 Å². The van der Waals surface area contributed by atoms with Gasteiger partial charge in [-0.1, -0.05) is 42.1 Å².